The molecule has 1 saturated heterocycles. The van der Waals surface area contributed by atoms with E-state index in [1.807, 2.05) is 78.3 Å². The second-order valence-corrected chi connectivity index (χ2v) is 12.7. The minimum Gasteiger partial charge on any atom is -0.392 e. The molecule has 10 heteroatoms. The number of aliphatic hydroxyl groups is 1. The Hall–Kier alpha value is -4.48. The maximum absolute atomic E-state index is 12.4. The Labute approximate surface area is 279 Å². The summed E-state index contributed by atoms with van der Waals surface area (Å²) in [7, 11) is 1.93. The highest BCUT2D eigenvalue weighted by atomic mass is 32.2. The summed E-state index contributed by atoms with van der Waals surface area (Å²) in [6.07, 6.45) is 0.840. The van der Waals surface area contributed by atoms with E-state index in [0.29, 0.717) is 18.8 Å². The lowest BCUT2D eigenvalue weighted by Gasteiger charge is -2.41. The summed E-state index contributed by atoms with van der Waals surface area (Å²) in [6.45, 7) is 3.05. The number of hydrogen-bond acceptors (Lipinski definition) is 7. The van der Waals surface area contributed by atoms with Gasteiger partial charge >= 0.3 is 6.03 Å². The smallest absolute Gasteiger partial charge is 0.315 e. The van der Waals surface area contributed by atoms with Gasteiger partial charge in [0.2, 0.25) is 0 Å². The first-order valence-electron chi connectivity index (χ1n) is 15.7. The van der Waals surface area contributed by atoms with Crippen LogP contribution in [-0.4, -0.2) is 37.8 Å². The maximum atomic E-state index is 12.4. The number of carbonyl (C=O) groups is 1. The lowest BCUT2D eigenvalue weighted by molar-refractivity contribution is -0.268. The molecule has 0 spiro atoms. The van der Waals surface area contributed by atoms with Gasteiger partial charge in [-0.1, -0.05) is 116 Å². The zero-order valence-corrected chi connectivity index (χ0v) is 27.3. The number of hydrogen-bond donors (Lipinski definition) is 3. The molecule has 2 heterocycles. The highest BCUT2D eigenvalue weighted by Crippen LogP contribution is 2.43. The Balaban J connectivity index is 1.13. The van der Waals surface area contributed by atoms with E-state index in [4.69, 9.17) is 9.47 Å². The molecule has 242 valence electrons. The molecule has 0 bridgehead atoms. The van der Waals surface area contributed by atoms with Crippen LogP contribution in [0.15, 0.2) is 115 Å². The predicted octanol–water partition coefficient (Wildman–Crippen LogP) is 6.56. The molecule has 1 aliphatic rings. The lowest BCUT2D eigenvalue weighted by Crippen LogP contribution is -2.38. The molecule has 3 N–H and O–H groups in total. The van der Waals surface area contributed by atoms with Gasteiger partial charge in [0, 0.05) is 37.4 Å². The fourth-order valence-corrected chi connectivity index (χ4v) is 6.64. The number of ether oxygens (including phenoxy) is 2. The number of aryl methyl sites for hydroxylation is 1. The van der Waals surface area contributed by atoms with Crippen LogP contribution in [0.2, 0.25) is 0 Å². The third-order valence-electron chi connectivity index (χ3n) is 8.36. The molecule has 6 rings (SSSR count). The average Bonchev–Trinajstić information content (AvgIpc) is 3.54. The van der Waals surface area contributed by atoms with Crippen molar-refractivity contribution in [1.82, 2.24) is 25.4 Å². The van der Waals surface area contributed by atoms with Crippen LogP contribution in [0.25, 0.3) is 11.1 Å². The minimum atomic E-state index is -0.558. The Bertz CT molecular complexity index is 1750. The van der Waals surface area contributed by atoms with Crippen LogP contribution in [0.5, 0.6) is 0 Å². The van der Waals surface area contributed by atoms with Crippen LogP contribution in [0, 0.1) is 5.92 Å². The molecule has 0 aliphatic carbocycles. The van der Waals surface area contributed by atoms with Crippen LogP contribution in [-0.2, 0) is 36.2 Å². The summed E-state index contributed by atoms with van der Waals surface area (Å²) in [4.78, 5) is 12.4. The number of benzene rings is 4. The van der Waals surface area contributed by atoms with E-state index in [-0.39, 0.29) is 30.8 Å². The number of rotatable bonds is 11. The molecule has 1 fully saturated rings. The number of urea groups is 1. The molecule has 2 amide bonds. The summed E-state index contributed by atoms with van der Waals surface area (Å²) >= 11 is 1.62. The summed E-state index contributed by atoms with van der Waals surface area (Å²) in [5.74, 6) is 0.769. The normalized spacial score (nSPS) is 19.3. The summed E-state index contributed by atoms with van der Waals surface area (Å²) < 4.78 is 15.1. The first-order valence-corrected chi connectivity index (χ1v) is 16.7. The predicted molar refractivity (Wildman–Crippen MR) is 182 cm³/mol. The minimum absolute atomic E-state index is 0.0000843. The fraction of sp³-hybridized carbons (Fsp3) is 0.270. The molecule has 1 aliphatic heterocycles. The quantitative estimate of drug-likeness (QED) is 0.139. The van der Waals surface area contributed by atoms with Gasteiger partial charge in [0.1, 0.15) is 6.33 Å². The zero-order valence-electron chi connectivity index (χ0n) is 26.5. The maximum Gasteiger partial charge on any atom is 0.315 e. The first-order chi connectivity index (χ1) is 23.0. The van der Waals surface area contributed by atoms with E-state index in [1.165, 1.54) is 0 Å². The zero-order chi connectivity index (χ0) is 32.6. The van der Waals surface area contributed by atoms with Crippen molar-refractivity contribution in [3.8, 4) is 11.1 Å². The van der Waals surface area contributed by atoms with Crippen LogP contribution >= 0.6 is 11.8 Å². The third kappa shape index (κ3) is 8.28. The molecular formula is C37H39N5O4S. The van der Waals surface area contributed by atoms with Crippen LogP contribution < -0.4 is 10.6 Å². The van der Waals surface area contributed by atoms with E-state index in [9.17, 15) is 9.90 Å². The molecule has 0 saturated carbocycles. The van der Waals surface area contributed by atoms with E-state index >= 15 is 0 Å². The van der Waals surface area contributed by atoms with E-state index in [1.54, 1.807) is 18.1 Å². The lowest BCUT2D eigenvalue weighted by atomic mass is 9.91. The first kappa shape index (κ1) is 32.5. The molecule has 4 atom stereocenters. The van der Waals surface area contributed by atoms with Gasteiger partial charge in [0.05, 0.1) is 18.8 Å². The summed E-state index contributed by atoms with van der Waals surface area (Å²) in [6, 6.07) is 34.0. The van der Waals surface area contributed by atoms with Gasteiger partial charge < -0.3 is 29.8 Å². The van der Waals surface area contributed by atoms with Crippen molar-refractivity contribution in [3.63, 3.8) is 0 Å². The van der Waals surface area contributed by atoms with E-state index < -0.39 is 6.29 Å². The monoisotopic (exact) mass is 649 g/mol. The van der Waals surface area contributed by atoms with Gasteiger partial charge in [-0.2, -0.15) is 0 Å². The Kier molecular flexibility index (Phi) is 10.6. The van der Waals surface area contributed by atoms with Crippen molar-refractivity contribution in [2.45, 2.75) is 50.3 Å². The fourth-order valence-electron chi connectivity index (χ4n) is 5.59. The van der Waals surface area contributed by atoms with Crippen molar-refractivity contribution >= 4 is 17.8 Å². The van der Waals surface area contributed by atoms with Crippen molar-refractivity contribution < 1.29 is 19.4 Å². The largest absolute Gasteiger partial charge is 0.392 e. The van der Waals surface area contributed by atoms with Crippen molar-refractivity contribution in [2.75, 3.05) is 5.75 Å². The molecule has 47 heavy (non-hydrogen) atoms. The van der Waals surface area contributed by atoms with Gasteiger partial charge in [-0.05, 0) is 39.4 Å². The Morgan fingerprint density at radius 2 is 1.53 bits per heavy atom. The number of amides is 2. The van der Waals surface area contributed by atoms with E-state index in [0.717, 1.165) is 44.1 Å². The molecule has 0 radical (unpaired) electrons. The van der Waals surface area contributed by atoms with Gasteiger partial charge in [-0.3, -0.25) is 0 Å². The highest BCUT2D eigenvalue weighted by Gasteiger charge is 2.38. The van der Waals surface area contributed by atoms with Crippen molar-refractivity contribution in [3.05, 3.63) is 137 Å². The van der Waals surface area contributed by atoms with Gasteiger partial charge in [-0.15, -0.1) is 10.2 Å². The molecule has 9 nitrogen and oxygen atoms in total. The molecule has 4 aromatic carbocycles. The van der Waals surface area contributed by atoms with Crippen molar-refractivity contribution in [1.29, 1.82) is 0 Å². The second kappa shape index (κ2) is 15.4. The number of aromatic nitrogens is 3. The standard InChI is InChI=1S/C37H39N5O4S/c1-25-33(23-47-37-41-40-24-42(37)2)45-35(46-34(25)30-13-11-27(22-43)12-14-30)31-17-15-29(16-18-31)32-10-6-9-28(19-32)21-39-36(44)38-20-26-7-4-3-5-8-26/h3-19,24-25,33-35,43H,20-23H2,1-2H3,(H2,38,39,44)/t25-,33+,34+,35+/m0/s1. The average molecular weight is 650 g/mol. The molecule has 0 unspecified atom stereocenters. The highest BCUT2D eigenvalue weighted by molar-refractivity contribution is 7.99. The van der Waals surface area contributed by atoms with Crippen LogP contribution in [0.4, 0.5) is 4.79 Å². The number of nitrogens with one attached hydrogen (secondary N) is 2. The number of aliphatic hydroxyl groups excluding tert-OH is 1. The molecule has 1 aromatic heterocycles. The Morgan fingerprint density at radius 1 is 0.830 bits per heavy atom. The van der Waals surface area contributed by atoms with Crippen molar-refractivity contribution in [2.24, 2.45) is 13.0 Å². The Morgan fingerprint density at radius 3 is 2.23 bits per heavy atom. The van der Waals surface area contributed by atoms with Gasteiger partial charge in [0.15, 0.2) is 11.4 Å². The third-order valence-corrected chi connectivity index (χ3v) is 9.49. The second-order valence-electron chi connectivity index (χ2n) is 11.7. The number of nitrogens with zero attached hydrogens (tertiary/aromatic N) is 3. The molecular weight excluding hydrogens is 611 g/mol. The summed E-state index contributed by atoms with van der Waals surface area (Å²) in [5, 5.41) is 24.5. The van der Waals surface area contributed by atoms with Gasteiger partial charge in [0.25, 0.3) is 0 Å². The SMILES string of the molecule is C[C@H]1[C@@H](CSc2nncn2C)O[C@@H](c2ccc(-c3cccc(CNC(=O)NCc4ccccc4)c3)cc2)O[C@H]1c1ccc(CO)cc1. The summed E-state index contributed by atoms with van der Waals surface area (Å²) in [5.41, 5.74) is 7.01. The topological polar surface area (TPSA) is 111 Å². The van der Waals surface area contributed by atoms with Gasteiger partial charge in [-0.25, -0.2) is 4.79 Å². The van der Waals surface area contributed by atoms with Crippen LogP contribution in [0.3, 0.4) is 0 Å². The van der Waals surface area contributed by atoms with Crippen LogP contribution in [0.1, 0.15) is 47.1 Å². The molecule has 5 aromatic rings. The number of carbonyl (C=O) groups excluding carboxylic acids is 1. The van der Waals surface area contributed by atoms with E-state index in [2.05, 4.69) is 64.2 Å². The number of thioether (sulfide) groups is 1.